The van der Waals surface area contributed by atoms with Gasteiger partial charge in [-0.15, -0.1) is 0 Å². The predicted molar refractivity (Wildman–Crippen MR) is 13.3 cm³/mol. The molecule has 0 aliphatic heterocycles. The van der Waals surface area contributed by atoms with Crippen molar-refractivity contribution in [2.24, 2.45) is 0 Å². The molecule has 26 valence electrons. The van der Waals surface area contributed by atoms with Crippen molar-refractivity contribution in [1.29, 1.82) is 0 Å². The zero-order valence-electron chi connectivity index (χ0n) is 2.27. The fraction of sp³-hybridized carbons (Fsp3) is 0. The molecule has 0 saturated heterocycles. The molecule has 2 nitrogen and oxygen atoms in total. The normalized spacial score (nSPS) is 5.00. The van der Waals surface area contributed by atoms with Gasteiger partial charge in [0, 0.05) is 0 Å². The first-order chi connectivity index (χ1) is 1.73. The first-order valence-electron chi connectivity index (χ1n) is 0.597. The Morgan fingerprint density at radius 2 is 1.80 bits per heavy atom. The summed E-state index contributed by atoms with van der Waals surface area (Å²) in [5.74, 6) is 0. The third-order valence-electron chi connectivity index (χ3n) is 0. The molecule has 0 saturated carbocycles. The second kappa shape index (κ2) is 4.67. The first-order valence-corrected chi connectivity index (χ1v) is 1.79. The van der Waals surface area contributed by atoms with Crippen molar-refractivity contribution >= 4 is 36.6 Å². The van der Waals surface area contributed by atoms with Gasteiger partial charge < -0.3 is 9.26 Å². The molecule has 0 N–H and O–H groups in total. The zero-order valence-corrected chi connectivity index (χ0v) is 7.76. The van der Waals surface area contributed by atoms with E-state index in [1.807, 2.05) is 0 Å². The van der Waals surface area contributed by atoms with Gasteiger partial charge in [0.25, 0.3) is 0 Å². The Bertz CT molecular complexity index is 32.6. The molecule has 0 aromatic rings. The Morgan fingerprint density at radius 1 is 1.80 bits per heavy atom. The van der Waals surface area contributed by atoms with Crippen LogP contribution < -0.4 is 4.80 Å². The van der Waals surface area contributed by atoms with Crippen LogP contribution in [-0.2, 0) is 4.46 Å². The maximum atomic E-state index is 9.99. The number of hydrogen-bond donors (Lipinski definition) is 0. The first kappa shape index (κ1) is 9.18. The third-order valence-corrected chi connectivity index (χ3v) is 0. The van der Waals surface area contributed by atoms with Gasteiger partial charge >= 0.3 is 36.6 Å². The van der Waals surface area contributed by atoms with Crippen LogP contribution >= 0.6 is 0 Å². The Morgan fingerprint density at radius 3 is 1.80 bits per heavy atom. The second-order valence-corrected chi connectivity index (χ2v) is 0.713. The summed E-state index contributed by atoms with van der Waals surface area (Å²) in [5, 5.41) is 0. The van der Waals surface area contributed by atoms with Crippen LogP contribution in [0.3, 0.4) is 0 Å². The molecule has 0 aromatic heterocycles. The van der Waals surface area contributed by atoms with Gasteiger partial charge in [-0.05, 0) is 0 Å². The van der Waals surface area contributed by atoms with Crippen LogP contribution in [-0.4, -0.2) is 36.6 Å². The quantitative estimate of drug-likeness (QED) is 0.395. The van der Waals surface area contributed by atoms with E-state index < -0.39 is 9.26 Å². The largest absolute Gasteiger partial charge is 1.00 e. The van der Waals surface area contributed by atoms with E-state index in [0.717, 1.165) is 0 Å². The molecule has 0 bridgehead atoms. The molecule has 0 spiro atoms. The minimum absolute atomic E-state index is 0. The topological polar surface area (TPSA) is 40.1 Å². The number of rotatable bonds is 0. The number of halogens is 1. The van der Waals surface area contributed by atoms with E-state index in [4.69, 9.17) is 9.26 Å². The Hall–Kier alpha value is 0.669. The van der Waals surface area contributed by atoms with Gasteiger partial charge in [0.05, 0.1) is 0 Å². The summed E-state index contributed by atoms with van der Waals surface area (Å²) < 4.78 is 18.4. The SMILES string of the molecule is O=[Si]([O-])F.[Tl+]. The van der Waals surface area contributed by atoms with Crippen LogP contribution in [0.5, 0.6) is 0 Å². The Balaban J connectivity index is 0. The van der Waals surface area contributed by atoms with Gasteiger partial charge in [-0.2, -0.15) is 0 Å². The molecular formula is FO2SiTl. The summed E-state index contributed by atoms with van der Waals surface area (Å²) in [4.78, 5) is 8.41. The average molecular weight is 283 g/mol. The molecule has 0 radical (unpaired) electrons. The maximum Gasteiger partial charge on any atom is 1.00 e. The third kappa shape index (κ3) is 74.3. The summed E-state index contributed by atoms with van der Waals surface area (Å²) in [5.41, 5.74) is 0. The van der Waals surface area contributed by atoms with E-state index in [1.165, 1.54) is 0 Å². The van der Waals surface area contributed by atoms with Gasteiger partial charge in [0.1, 0.15) is 0 Å². The molecule has 5 heavy (non-hydrogen) atoms. The number of hydrogen-bond acceptors (Lipinski definition) is 2. The standard InChI is InChI=1S/FO2Si.Tl/c1-4(2)3;/q-1;+1. The molecule has 5 heteroatoms. The summed E-state index contributed by atoms with van der Waals surface area (Å²) in [6, 6.07) is 0. The smallest absolute Gasteiger partial charge is 0.560 e. The molecule has 0 rings (SSSR count). The van der Waals surface area contributed by atoms with E-state index in [9.17, 15) is 4.11 Å². The molecule has 0 fully saturated rings. The summed E-state index contributed by atoms with van der Waals surface area (Å²) >= 11 is 0. The van der Waals surface area contributed by atoms with Crippen LogP contribution in [0.4, 0.5) is 4.11 Å². The molecule has 0 unspecified atom stereocenters. The van der Waals surface area contributed by atoms with Gasteiger partial charge in [0.15, 0.2) is 0 Å². The van der Waals surface area contributed by atoms with Crippen molar-refractivity contribution < 1.29 is 13.4 Å². The molecule has 0 aliphatic rings. The molecule has 0 aliphatic carbocycles. The maximum absolute atomic E-state index is 9.99. The minimum Gasteiger partial charge on any atom is -0.560 e. The predicted octanol–water partition coefficient (Wildman–Crippen LogP) is -1.65. The second-order valence-electron chi connectivity index (χ2n) is 0.238. The summed E-state index contributed by atoms with van der Waals surface area (Å²) in [6.45, 7) is 0. The van der Waals surface area contributed by atoms with E-state index in [1.54, 1.807) is 0 Å². The Kier molecular flexibility index (Phi) is 8.57. The van der Waals surface area contributed by atoms with Crippen LogP contribution in [0.15, 0.2) is 0 Å². The van der Waals surface area contributed by atoms with Crippen molar-refractivity contribution in [3.05, 3.63) is 0 Å². The van der Waals surface area contributed by atoms with Gasteiger partial charge in [-0.1, -0.05) is 0 Å². The molecule has 0 heterocycles. The summed E-state index contributed by atoms with van der Waals surface area (Å²) in [6.07, 6.45) is 0. The fourth-order valence-electron chi connectivity index (χ4n) is 0. The zero-order chi connectivity index (χ0) is 3.58. The van der Waals surface area contributed by atoms with Gasteiger partial charge in [-0.25, -0.2) is 0 Å². The van der Waals surface area contributed by atoms with E-state index >= 15 is 0 Å². The van der Waals surface area contributed by atoms with Gasteiger partial charge in [-0.3, -0.25) is 4.11 Å². The van der Waals surface area contributed by atoms with Crippen LogP contribution in [0.25, 0.3) is 0 Å². The molecule has 0 aromatic carbocycles. The molecular weight excluding hydrogens is 283 g/mol. The summed E-state index contributed by atoms with van der Waals surface area (Å²) in [7, 11) is -3.88. The van der Waals surface area contributed by atoms with Crippen molar-refractivity contribution in [2.45, 2.75) is 0 Å². The van der Waals surface area contributed by atoms with Crippen molar-refractivity contribution in [1.82, 2.24) is 0 Å². The monoisotopic (exact) mass is 284 g/mol. The molecule has 0 atom stereocenters. The molecule has 0 amide bonds. The van der Waals surface area contributed by atoms with E-state index in [0.29, 0.717) is 0 Å². The van der Waals surface area contributed by atoms with Crippen molar-refractivity contribution in [3.63, 3.8) is 0 Å². The van der Waals surface area contributed by atoms with E-state index in [2.05, 4.69) is 0 Å². The van der Waals surface area contributed by atoms with Crippen molar-refractivity contribution in [3.8, 4) is 0 Å². The van der Waals surface area contributed by atoms with E-state index in [-0.39, 0.29) is 27.3 Å². The minimum atomic E-state index is -3.88. The fourth-order valence-corrected chi connectivity index (χ4v) is 0. The van der Waals surface area contributed by atoms with Crippen molar-refractivity contribution in [2.75, 3.05) is 0 Å². The average Bonchev–Trinajstić information content (AvgIpc) is 0.811. The van der Waals surface area contributed by atoms with Crippen LogP contribution in [0.2, 0.25) is 0 Å². The van der Waals surface area contributed by atoms with Crippen LogP contribution in [0, 0.1) is 0 Å². The van der Waals surface area contributed by atoms with Crippen LogP contribution in [0.1, 0.15) is 0 Å². The Labute approximate surface area is 50.1 Å². The van der Waals surface area contributed by atoms with Gasteiger partial charge in [0.2, 0.25) is 0 Å².